The van der Waals surface area contributed by atoms with Crippen LogP contribution >= 0.6 is 0 Å². The van der Waals surface area contributed by atoms with Gasteiger partial charge < -0.3 is 10.6 Å². The molecule has 4 aromatic rings. The van der Waals surface area contributed by atoms with Crippen molar-refractivity contribution in [1.29, 1.82) is 0 Å². The zero-order chi connectivity index (χ0) is 18.3. The van der Waals surface area contributed by atoms with E-state index in [1.54, 1.807) is 36.9 Å². The van der Waals surface area contributed by atoms with E-state index in [0.29, 0.717) is 28.6 Å². The molecule has 0 unspecified atom stereocenters. The lowest BCUT2D eigenvalue weighted by atomic mass is 10.2. The second kappa shape index (κ2) is 6.17. The number of pyridine rings is 1. The van der Waals surface area contributed by atoms with Crippen LogP contribution in [0.4, 0.5) is 20.5 Å². The lowest BCUT2D eigenvalue weighted by Crippen LogP contribution is -2.09. The summed E-state index contributed by atoms with van der Waals surface area (Å²) < 4.78 is 28.2. The first-order chi connectivity index (χ1) is 12.6. The zero-order valence-electron chi connectivity index (χ0n) is 14.0. The van der Waals surface area contributed by atoms with Gasteiger partial charge in [0.1, 0.15) is 17.6 Å². The lowest BCUT2D eigenvalue weighted by Gasteiger charge is -2.08. The van der Waals surface area contributed by atoms with Gasteiger partial charge in [0.05, 0.1) is 5.69 Å². The van der Waals surface area contributed by atoms with Gasteiger partial charge in [0, 0.05) is 25.9 Å². The number of anilines is 2. The third-order valence-corrected chi connectivity index (χ3v) is 3.92. The molecule has 26 heavy (non-hydrogen) atoms. The highest BCUT2D eigenvalue weighted by Gasteiger charge is 2.17. The van der Waals surface area contributed by atoms with Crippen LogP contribution in [0.1, 0.15) is 0 Å². The topological polar surface area (TPSA) is 97.8 Å². The molecule has 0 radical (unpaired) electrons. The normalized spacial score (nSPS) is 11.6. The summed E-state index contributed by atoms with van der Waals surface area (Å²) in [5, 5.41) is 17.9. The highest BCUT2D eigenvalue weighted by atomic mass is 19.3. The summed E-state index contributed by atoms with van der Waals surface area (Å²) in [6.45, 7) is -0.556. The van der Waals surface area contributed by atoms with E-state index in [0.717, 1.165) is 15.8 Å². The van der Waals surface area contributed by atoms with E-state index in [1.165, 1.54) is 0 Å². The van der Waals surface area contributed by atoms with Gasteiger partial charge in [0.25, 0.3) is 6.43 Å². The monoisotopic (exact) mass is 359 g/mol. The van der Waals surface area contributed by atoms with Gasteiger partial charge in [-0.1, -0.05) is 5.21 Å². The van der Waals surface area contributed by atoms with Crippen molar-refractivity contribution in [2.45, 2.75) is 13.0 Å². The van der Waals surface area contributed by atoms with Crippen LogP contribution in [-0.2, 0) is 6.54 Å². The van der Waals surface area contributed by atoms with Gasteiger partial charge in [-0.2, -0.15) is 4.98 Å². The highest BCUT2D eigenvalue weighted by Crippen LogP contribution is 2.29. The van der Waals surface area contributed by atoms with E-state index in [1.807, 2.05) is 6.07 Å². The molecule has 4 heterocycles. The number of halogens is 2. The second-order valence-corrected chi connectivity index (χ2v) is 5.51. The van der Waals surface area contributed by atoms with Crippen molar-refractivity contribution in [2.75, 3.05) is 24.7 Å². The largest absolute Gasteiger partial charge is 0.371 e. The third kappa shape index (κ3) is 2.57. The minimum Gasteiger partial charge on any atom is -0.371 e. The number of alkyl halides is 2. The highest BCUT2D eigenvalue weighted by molar-refractivity contribution is 5.89. The van der Waals surface area contributed by atoms with Crippen molar-refractivity contribution in [3.05, 3.63) is 24.4 Å². The molecule has 0 aliphatic rings. The molecule has 0 fully saturated rings. The Morgan fingerprint density at radius 1 is 1.12 bits per heavy atom. The Balaban J connectivity index is 1.89. The first kappa shape index (κ1) is 16.1. The van der Waals surface area contributed by atoms with Crippen LogP contribution in [0.25, 0.3) is 27.9 Å². The molecular formula is C15H15F2N9. The molecule has 0 aliphatic carbocycles. The maximum atomic E-state index is 12.7. The average molecular weight is 359 g/mol. The minimum atomic E-state index is -2.54. The standard InChI is InChI=1S/C15H15F2N9/c1-18-13-12-8(5-6-25(12)23-15(19-2)21-13)9-3-4-10-14(20-9)26(24-22-10)7-11(16)17/h3-6,11H,7H2,1-2H3,(H2,18,19,21,23). The smallest absolute Gasteiger partial charge is 0.258 e. The van der Waals surface area contributed by atoms with Gasteiger partial charge in [-0.15, -0.1) is 10.2 Å². The predicted octanol–water partition coefficient (Wildman–Crippen LogP) is 1.88. The Morgan fingerprint density at radius 3 is 2.69 bits per heavy atom. The van der Waals surface area contributed by atoms with Crippen molar-refractivity contribution < 1.29 is 8.78 Å². The molecule has 4 aromatic heterocycles. The molecule has 9 nitrogen and oxygen atoms in total. The number of hydrogen-bond acceptors (Lipinski definition) is 7. The molecule has 0 spiro atoms. The summed E-state index contributed by atoms with van der Waals surface area (Å²) in [5.74, 6) is 1.08. The fourth-order valence-corrected chi connectivity index (χ4v) is 2.77. The molecule has 134 valence electrons. The maximum absolute atomic E-state index is 12.7. The van der Waals surface area contributed by atoms with Crippen LogP contribution in [0.15, 0.2) is 24.4 Å². The predicted molar refractivity (Wildman–Crippen MR) is 92.4 cm³/mol. The van der Waals surface area contributed by atoms with Crippen LogP contribution in [0.5, 0.6) is 0 Å². The van der Waals surface area contributed by atoms with Crippen LogP contribution < -0.4 is 10.6 Å². The fourth-order valence-electron chi connectivity index (χ4n) is 2.77. The van der Waals surface area contributed by atoms with E-state index in [-0.39, 0.29) is 0 Å². The number of hydrogen-bond donors (Lipinski definition) is 2. The SMILES string of the molecule is CNc1nc(NC)c2c(-c3ccc4nnn(CC(F)F)c4n3)ccn2n1. The van der Waals surface area contributed by atoms with Crippen molar-refractivity contribution >= 4 is 28.4 Å². The van der Waals surface area contributed by atoms with E-state index >= 15 is 0 Å². The molecule has 0 aliphatic heterocycles. The third-order valence-electron chi connectivity index (χ3n) is 3.92. The molecule has 0 saturated carbocycles. The van der Waals surface area contributed by atoms with Gasteiger partial charge >= 0.3 is 0 Å². The lowest BCUT2D eigenvalue weighted by molar-refractivity contribution is 0.122. The van der Waals surface area contributed by atoms with E-state index < -0.39 is 13.0 Å². The van der Waals surface area contributed by atoms with Gasteiger partial charge in [-0.25, -0.2) is 23.0 Å². The first-order valence-corrected chi connectivity index (χ1v) is 7.84. The molecule has 0 amide bonds. The molecule has 4 rings (SSSR count). The molecule has 2 N–H and O–H groups in total. The number of rotatable bonds is 5. The van der Waals surface area contributed by atoms with E-state index in [2.05, 4.69) is 36.0 Å². The number of aromatic nitrogens is 7. The summed E-state index contributed by atoms with van der Waals surface area (Å²) in [6, 6.07) is 5.32. The molecule has 0 aromatic carbocycles. The maximum Gasteiger partial charge on any atom is 0.258 e. The van der Waals surface area contributed by atoms with Gasteiger partial charge in [-0.3, -0.25) is 0 Å². The number of nitrogens with one attached hydrogen (secondary N) is 2. The second-order valence-electron chi connectivity index (χ2n) is 5.51. The molecular weight excluding hydrogens is 344 g/mol. The van der Waals surface area contributed by atoms with Gasteiger partial charge in [0.2, 0.25) is 5.95 Å². The molecule has 0 atom stereocenters. The Morgan fingerprint density at radius 2 is 1.96 bits per heavy atom. The van der Waals surface area contributed by atoms with E-state index in [4.69, 9.17) is 0 Å². The van der Waals surface area contributed by atoms with Crippen LogP contribution in [0.3, 0.4) is 0 Å². The van der Waals surface area contributed by atoms with Gasteiger partial charge in [0.15, 0.2) is 11.5 Å². The quantitative estimate of drug-likeness (QED) is 0.561. The van der Waals surface area contributed by atoms with Crippen molar-refractivity contribution in [3.8, 4) is 11.3 Å². The molecule has 0 saturated heterocycles. The first-order valence-electron chi connectivity index (χ1n) is 7.84. The van der Waals surface area contributed by atoms with Crippen LogP contribution in [0.2, 0.25) is 0 Å². The summed E-state index contributed by atoms with van der Waals surface area (Å²) in [5.41, 5.74) is 2.85. The molecule has 11 heteroatoms. The minimum absolute atomic E-state index is 0.306. The van der Waals surface area contributed by atoms with E-state index in [9.17, 15) is 8.78 Å². The Labute approximate surface area is 146 Å². The number of fused-ring (bicyclic) bond motifs is 2. The van der Waals surface area contributed by atoms with Gasteiger partial charge in [-0.05, 0) is 18.2 Å². The Kier molecular flexibility index (Phi) is 3.82. The van der Waals surface area contributed by atoms with Crippen LogP contribution in [-0.4, -0.2) is 55.1 Å². The zero-order valence-corrected chi connectivity index (χ0v) is 14.0. The van der Waals surface area contributed by atoms with Crippen LogP contribution in [0, 0.1) is 0 Å². The van der Waals surface area contributed by atoms with Crippen molar-refractivity contribution in [3.63, 3.8) is 0 Å². The Hall–Kier alpha value is -3.37. The summed E-state index contributed by atoms with van der Waals surface area (Å²) in [4.78, 5) is 8.89. The fraction of sp³-hybridized carbons (Fsp3) is 0.267. The van der Waals surface area contributed by atoms with Crippen molar-refractivity contribution in [2.24, 2.45) is 0 Å². The summed E-state index contributed by atoms with van der Waals surface area (Å²) in [7, 11) is 3.49. The Bertz CT molecular complexity index is 1090. The average Bonchev–Trinajstić information content (AvgIpc) is 3.24. The van der Waals surface area contributed by atoms with Crippen molar-refractivity contribution in [1.82, 2.24) is 34.6 Å². The summed E-state index contributed by atoms with van der Waals surface area (Å²) >= 11 is 0. The summed E-state index contributed by atoms with van der Waals surface area (Å²) in [6.07, 6.45) is -0.751. The number of nitrogens with zero attached hydrogens (tertiary/aromatic N) is 7. The molecule has 0 bridgehead atoms.